The number of carbonyl (C=O) groups excluding carboxylic acids is 1. The third kappa shape index (κ3) is 4.10. The SMILES string of the molecule is Nc1ccc(C(F)(F)F)cc1C(=O)OCC1CCCCO1. The van der Waals surface area contributed by atoms with Gasteiger partial charge in [0, 0.05) is 12.3 Å². The van der Waals surface area contributed by atoms with Crippen LogP contribution in [0.5, 0.6) is 0 Å². The number of benzene rings is 1. The predicted octanol–water partition coefficient (Wildman–Crippen LogP) is 3.01. The number of rotatable bonds is 3. The number of alkyl halides is 3. The Balaban J connectivity index is 2.04. The van der Waals surface area contributed by atoms with Crippen molar-refractivity contribution in [3.05, 3.63) is 29.3 Å². The molecule has 1 atom stereocenters. The molecule has 1 saturated heterocycles. The Bertz CT molecular complexity index is 511. The van der Waals surface area contributed by atoms with Gasteiger partial charge in [-0.2, -0.15) is 13.2 Å². The summed E-state index contributed by atoms with van der Waals surface area (Å²) in [5.41, 5.74) is 4.29. The molecule has 0 bridgehead atoms. The summed E-state index contributed by atoms with van der Waals surface area (Å²) < 4.78 is 48.3. The predicted molar refractivity (Wildman–Crippen MR) is 69.7 cm³/mol. The zero-order valence-corrected chi connectivity index (χ0v) is 11.3. The van der Waals surface area contributed by atoms with Crippen molar-refractivity contribution in [3.8, 4) is 0 Å². The Kier molecular flexibility index (Phi) is 4.72. The van der Waals surface area contributed by atoms with Gasteiger partial charge in [0.1, 0.15) is 6.61 Å². The van der Waals surface area contributed by atoms with E-state index in [2.05, 4.69) is 0 Å². The molecule has 1 aromatic rings. The molecule has 0 spiro atoms. The lowest BCUT2D eigenvalue weighted by atomic mass is 10.1. The van der Waals surface area contributed by atoms with E-state index in [1.807, 2.05) is 0 Å². The number of hydrogen-bond acceptors (Lipinski definition) is 4. The van der Waals surface area contributed by atoms with E-state index < -0.39 is 17.7 Å². The van der Waals surface area contributed by atoms with Crippen LogP contribution < -0.4 is 5.73 Å². The highest BCUT2D eigenvalue weighted by Gasteiger charge is 2.32. The Labute approximate surface area is 120 Å². The first kappa shape index (κ1) is 15.6. The second kappa shape index (κ2) is 6.34. The Morgan fingerprint density at radius 2 is 2.14 bits per heavy atom. The second-order valence-corrected chi connectivity index (χ2v) is 4.89. The number of esters is 1. The number of anilines is 1. The van der Waals surface area contributed by atoms with Gasteiger partial charge in [0.05, 0.1) is 17.2 Å². The number of halogens is 3. The van der Waals surface area contributed by atoms with Crippen molar-refractivity contribution in [3.63, 3.8) is 0 Å². The molecule has 0 aromatic heterocycles. The maximum atomic E-state index is 12.6. The topological polar surface area (TPSA) is 61.6 Å². The van der Waals surface area contributed by atoms with Crippen LogP contribution in [-0.2, 0) is 15.7 Å². The van der Waals surface area contributed by atoms with Gasteiger partial charge in [-0.05, 0) is 37.5 Å². The summed E-state index contributed by atoms with van der Waals surface area (Å²) in [6.07, 6.45) is -2.02. The van der Waals surface area contributed by atoms with Crippen LogP contribution in [0.1, 0.15) is 35.2 Å². The van der Waals surface area contributed by atoms with Crippen LogP contribution in [0.15, 0.2) is 18.2 Å². The summed E-state index contributed by atoms with van der Waals surface area (Å²) in [7, 11) is 0. The molecule has 1 heterocycles. The molecule has 1 aromatic carbocycles. The number of carbonyl (C=O) groups is 1. The molecule has 0 radical (unpaired) electrons. The van der Waals surface area contributed by atoms with Crippen LogP contribution in [0.2, 0.25) is 0 Å². The molecule has 0 amide bonds. The molecule has 0 aliphatic carbocycles. The van der Waals surface area contributed by atoms with Crippen LogP contribution in [0.4, 0.5) is 18.9 Å². The molecule has 21 heavy (non-hydrogen) atoms. The number of ether oxygens (including phenoxy) is 2. The first-order valence-electron chi connectivity index (χ1n) is 6.63. The molecule has 1 unspecified atom stereocenters. The zero-order valence-electron chi connectivity index (χ0n) is 11.3. The summed E-state index contributed by atoms with van der Waals surface area (Å²) in [5, 5.41) is 0. The van der Waals surface area contributed by atoms with E-state index in [-0.39, 0.29) is 24.0 Å². The molecule has 0 saturated carbocycles. The van der Waals surface area contributed by atoms with Crippen LogP contribution in [0, 0.1) is 0 Å². The molecule has 2 rings (SSSR count). The summed E-state index contributed by atoms with van der Waals surface area (Å²) in [5.74, 6) is -0.868. The summed E-state index contributed by atoms with van der Waals surface area (Å²) >= 11 is 0. The summed E-state index contributed by atoms with van der Waals surface area (Å²) in [6, 6.07) is 2.59. The van der Waals surface area contributed by atoms with E-state index in [9.17, 15) is 18.0 Å². The van der Waals surface area contributed by atoms with Crippen LogP contribution >= 0.6 is 0 Å². The van der Waals surface area contributed by atoms with Crippen LogP contribution in [0.3, 0.4) is 0 Å². The van der Waals surface area contributed by atoms with E-state index in [0.717, 1.165) is 31.4 Å². The molecule has 1 fully saturated rings. The van der Waals surface area contributed by atoms with Gasteiger partial charge in [-0.15, -0.1) is 0 Å². The summed E-state index contributed by atoms with van der Waals surface area (Å²) in [4.78, 5) is 11.9. The van der Waals surface area contributed by atoms with Gasteiger partial charge >= 0.3 is 12.1 Å². The standard InChI is InChI=1S/C14H16F3NO3/c15-14(16,17)9-4-5-12(18)11(7-9)13(19)21-8-10-3-1-2-6-20-10/h4-5,7,10H,1-3,6,8,18H2. The fraction of sp³-hybridized carbons (Fsp3) is 0.500. The van der Waals surface area contributed by atoms with Gasteiger partial charge in [-0.3, -0.25) is 0 Å². The highest BCUT2D eigenvalue weighted by molar-refractivity contribution is 5.95. The second-order valence-electron chi connectivity index (χ2n) is 4.89. The number of nitrogen functional groups attached to an aromatic ring is 1. The van der Waals surface area contributed by atoms with E-state index in [1.54, 1.807) is 0 Å². The molecule has 1 aliphatic heterocycles. The lowest BCUT2D eigenvalue weighted by Crippen LogP contribution is -2.26. The highest BCUT2D eigenvalue weighted by Crippen LogP contribution is 2.31. The van der Waals surface area contributed by atoms with Gasteiger partial charge in [0.15, 0.2) is 0 Å². The maximum absolute atomic E-state index is 12.6. The zero-order chi connectivity index (χ0) is 15.5. The number of nitrogens with two attached hydrogens (primary N) is 1. The van der Waals surface area contributed by atoms with Crippen LogP contribution in [0.25, 0.3) is 0 Å². The van der Waals surface area contributed by atoms with Crippen molar-refractivity contribution in [1.82, 2.24) is 0 Å². The van der Waals surface area contributed by atoms with E-state index in [0.29, 0.717) is 12.7 Å². The molecule has 2 N–H and O–H groups in total. The first-order chi connectivity index (χ1) is 9.88. The van der Waals surface area contributed by atoms with Crippen molar-refractivity contribution < 1.29 is 27.4 Å². The molecule has 4 nitrogen and oxygen atoms in total. The monoisotopic (exact) mass is 303 g/mol. The molecular weight excluding hydrogens is 287 g/mol. The molecule has 7 heteroatoms. The maximum Gasteiger partial charge on any atom is 0.416 e. The normalized spacial score (nSPS) is 19.3. The minimum absolute atomic E-state index is 0.0223. The lowest BCUT2D eigenvalue weighted by Gasteiger charge is -2.22. The quantitative estimate of drug-likeness (QED) is 0.689. The molecule has 1 aliphatic rings. The van der Waals surface area contributed by atoms with Crippen molar-refractivity contribution in [2.45, 2.75) is 31.5 Å². The van der Waals surface area contributed by atoms with E-state index in [4.69, 9.17) is 15.2 Å². The molecular formula is C14H16F3NO3. The van der Waals surface area contributed by atoms with Gasteiger partial charge in [-0.25, -0.2) is 4.79 Å². The fourth-order valence-corrected chi connectivity index (χ4v) is 2.09. The largest absolute Gasteiger partial charge is 0.459 e. The smallest absolute Gasteiger partial charge is 0.416 e. The third-order valence-corrected chi connectivity index (χ3v) is 3.27. The highest BCUT2D eigenvalue weighted by atomic mass is 19.4. The minimum atomic E-state index is -4.53. The Morgan fingerprint density at radius 1 is 1.38 bits per heavy atom. The van der Waals surface area contributed by atoms with Gasteiger partial charge in [0.2, 0.25) is 0 Å². The lowest BCUT2D eigenvalue weighted by molar-refractivity contribution is -0.137. The van der Waals surface area contributed by atoms with Crippen molar-refractivity contribution in [1.29, 1.82) is 0 Å². The van der Waals surface area contributed by atoms with Crippen LogP contribution in [-0.4, -0.2) is 25.3 Å². The Hall–Kier alpha value is -1.76. The van der Waals surface area contributed by atoms with Crippen molar-refractivity contribution >= 4 is 11.7 Å². The number of hydrogen-bond donors (Lipinski definition) is 1. The van der Waals surface area contributed by atoms with Crippen molar-refractivity contribution in [2.24, 2.45) is 0 Å². The van der Waals surface area contributed by atoms with Gasteiger partial charge in [-0.1, -0.05) is 0 Å². The fourth-order valence-electron chi connectivity index (χ4n) is 2.09. The average molecular weight is 303 g/mol. The Morgan fingerprint density at radius 3 is 2.76 bits per heavy atom. The minimum Gasteiger partial charge on any atom is -0.459 e. The third-order valence-electron chi connectivity index (χ3n) is 3.27. The first-order valence-corrected chi connectivity index (χ1v) is 6.63. The average Bonchev–Trinajstić information content (AvgIpc) is 2.45. The van der Waals surface area contributed by atoms with Gasteiger partial charge < -0.3 is 15.2 Å². The van der Waals surface area contributed by atoms with E-state index in [1.165, 1.54) is 0 Å². The molecule has 116 valence electrons. The van der Waals surface area contributed by atoms with Gasteiger partial charge in [0.25, 0.3) is 0 Å². The summed E-state index contributed by atoms with van der Waals surface area (Å²) in [6.45, 7) is 0.627. The van der Waals surface area contributed by atoms with E-state index >= 15 is 0 Å². The van der Waals surface area contributed by atoms with Crippen molar-refractivity contribution in [2.75, 3.05) is 18.9 Å².